The number of nitrogens with zero attached hydrogens (tertiary/aromatic N) is 4. The van der Waals surface area contributed by atoms with Crippen molar-refractivity contribution in [3.8, 4) is 28.3 Å². The number of aliphatic hydroxyl groups is 1. The number of aliphatic hydroxyl groups excluding tert-OH is 1. The van der Waals surface area contributed by atoms with E-state index in [1.165, 1.54) is 20.2 Å². The van der Waals surface area contributed by atoms with Crippen molar-refractivity contribution < 1.29 is 19.0 Å². The summed E-state index contributed by atoms with van der Waals surface area (Å²) in [6.07, 6.45) is 4.48. The molecule has 1 fully saturated rings. The SMILES string of the molecule is COc1nc(-c2cccc(-c3cc(F)cc(NC(=O)c4ncnn(C)c4=O)c3Cl)c2Cl)ccc1CNC1CCCCC1O. The molecule has 0 spiro atoms. The molecule has 0 radical (unpaired) electrons. The van der Waals surface area contributed by atoms with E-state index in [1.54, 1.807) is 18.2 Å². The first kappa shape index (κ1) is 30.6. The molecule has 1 aliphatic carbocycles. The lowest BCUT2D eigenvalue weighted by Crippen LogP contribution is -2.41. The highest BCUT2D eigenvalue weighted by atomic mass is 35.5. The first-order valence-electron chi connectivity index (χ1n) is 13.6. The normalized spacial score (nSPS) is 16.6. The zero-order chi connectivity index (χ0) is 30.7. The number of nitrogens with one attached hydrogen (secondary N) is 2. The first-order valence-corrected chi connectivity index (χ1v) is 14.4. The lowest BCUT2D eigenvalue weighted by Gasteiger charge is -2.28. The molecule has 3 N–H and O–H groups in total. The third kappa shape index (κ3) is 6.54. The monoisotopic (exact) mass is 626 g/mol. The summed E-state index contributed by atoms with van der Waals surface area (Å²) in [7, 11) is 2.91. The first-order chi connectivity index (χ1) is 20.7. The number of ether oxygens (including phenoxy) is 1. The highest BCUT2D eigenvalue weighted by Crippen LogP contribution is 2.42. The van der Waals surface area contributed by atoms with Crippen LogP contribution in [0.3, 0.4) is 0 Å². The molecule has 0 bridgehead atoms. The van der Waals surface area contributed by atoms with Gasteiger partial charge in [0.05, 0.1) is 34.6 Å². The minimum absolute atomic E-state index is 0.0107. The molecule has 10 nitrogen and oxygen atoms in total. The Balaban J connectivity index is 1.44. The summed E-state index contributed by atoms with van der Waals surface area (Å²) in [5, 5.41) is 20.1. The summed E-state index contributed by atoms with van der Waals surface area (Å²) >= 11 is 13.5. The van der Waals surface area contributed by atoms with Crippen LogP contribution in [0.15, 0.2) is 53.6 Å². The van der Waals surface area contributed by atoms with Crippen molar-refractivity contribution >= 4 is 34.8 Å². The van der Waals surface area contributed by atoms with Gasteiger partial charge in [-0.3, -0.25) is 9.59 Å². The third-order valence-corrected chi connectivity index (χ3v) is 8.20. The molecule has 0 aliphatic heterocycles. The molecule has 2 aromatic heterocycles. The topological polar surface area (TPSA) is 131 Å². The molecule has 4 aromatic rings. The van der Waals surface area contributed by atoms with E-state index < -0.39 is 23.0 Å². The van der Waals surface area contributed by atoms with Crippen molar-refractivity contribution in [2.45, 2.75) is 44.4 Å². The molecule has 13 heteroatoms. The van der Waals surface area contributed by atoms with E-state index in [1.807, 2.05) is 12.1 Å². The summed E-state index contributed by atoms with van der Waals surface area (Å²) in [6.45, 7) is 0.473. The third-order valence-electron chi connectivity index (χ3n) is 7.39. The van der Waals surface area contributed by atoms with E-state index >= 15 is 0 Å². The Morgan fingerprint density at radius 2 is 1.88 bits per heavy atom. The van der Waals surface area contributed by atoms with E-state index in [0.29, 0.717) is 29.2 Å². The number of aromatic nitrogens is 4. The molecule has 0 saturated heterocycles. The van der Waals surface area contributed by atoms with Gasteiger partial charge in [0, 0.05) is 41.9 Å². The van der Waals surface area contributed by atoms with Crippen LogP contribution in [0, 0.1) is 5.82 Å². The lowest BCUT2D eigenvalue weighted by atomic mass is 9.92. The van der Waals surface area contributed by atoms with Gasteiger partial charge in [-0.1, -0.05) is 60.3 Å². The second-order valence-electron chi connectivity index (χ2n) is 10.2. The number of carbonyl (C=O) groups excluding carboxylic acids is 1. The maximum Gasteiger partial charge on any atom is 0.298 e. The molecule has 43 heavy (non-hydrogen) atoms. The van der Waals surface area contributed by atoms with Gasteiger partial charge >= 0.3 is 0 Å². The number of anilines is 1. The Labute approximate surface area is 256 Å². The highest BCUT2D eigenvalue weighted by Gasteiger charge is 2.24. The van der Waals surface area contributed by atoms with Crippen LogP contribution in [0.25, 0.3) is 22.4 Å². The van der Waals surface area contributed by atoms with Gasteiger partial charge in [-0.05, 0) is 31.0 Å². The van der Waals surface area contributed by atoms with E-state index in [9.17, 15) is 19.1 Å². The Hall–Kier alpha value is -3.90. The maximum absolute atomic E-state index is 14.8. The number of pyridine rings is 1. The van der Waals surface area contributed by atoms with Gasteiger partial charge in [-0.25, -0.2) is 19.0 Å². The molecule has 2 aromatic carbocycles. The van der Waals surface area contributed by atoms with Crippen molar-refractivity contribution in [1.29, 1.82) is 0 Å². The average molecular weight is 628 g/mol. The molecular weight excluding hydrogens is 598 g/mol. The number of methoxy groups -OCH3 is 1. The van der Waals surface area contributed by atoms with Crippen LogP contribution in [0.2, 0.25) is 10.0 Å². The molecule has 5 rings (SSSR count). The van der Waals surface area contributed by atoms with E-state index in [2.05, 4.69) is 25.7 Å². The van der Waals surface area contributed by atoms with Gasteiger partial charge in [0.25, 0.3) is 11.5 Å². The number of halogens is 3. The smallest absolute Gasteiger partial charge is 0.298 e. The predicted octanol–water partition coefficient (Wildman–Crippen LogP) is 5.00. The Kier molecular flexibility index (Phi) is 9.36. The van der Waals surface area contributed by atoms with Crippen LogP contribution < -0.4 is 20.9 Å². The minimum Gasteiger partial charge on any atom is -0.481 e. The van der Waals surface area contributed by atoms with Gasteiger partial charge < -0.3 is 20.5 Å². The van der Waals surface area contributed by atoms with Gasteiger partial charge in [-0.2, -0.15) is 5.10 Å². The molecular formula is C30H29Cl2FN6O4. The predicted molar refractivity (Wildman–Crippen MR) is 162 cm³/mol. The van der Waals surface area contributed by atoms with Crippen molar-refractivity contribution in [2.24, 2.45) is 7.05 Å². The lowest BCUT2D eigenvalue weighted by molar-refractivity contribution is 0.0901. The summed E-state index contributed by atoms with van der Waals surface area (Å²) in [5.41, 5.74) is 1.30. The van der Waals surface area contributed by atoms with Crippen LogP contribution in [0.5, 0.6) is 5.88 Å². The second kappa shape index (κ2) is 13.2. The van der Waals surface area contributed by atoms with Crippen molar-refractivity contribution in [3.05, 3.63) is 86.3 Å². The zero-order valence-corrected chi connectivity index (χ0v) is 24.9. The fourth-order valence-electron chi connectivity index (χ4n) is 5.09. The Morgan fingerprint density at radius 1 is 1.12 bits per heavy atom. The van der Waals surface area contributed by atoms with Gasteiger partial charge in [0.1, 0.15) is 12.1 Å². The fraction of sp³-hybridized carbons (Fsp3) is 0.300. The second-order valence-corrected chi connectivity index (χ2v) is 10.9. The number of aryl methyl sites for hydroxylation is 1. The minimum atomic E-state index is -0.870. The number of amides is 1. The van der Waals surface area contributed by atoms with Crippen LogP contribution in [0.1, 0.15) is 41.7 Å². The summed E-state index contributed by atoms with van der Waals surface area (Å²) < 4.78 is 21.3. The quantitative estimate of drug-likeness (QED) is 0.249. The molecule has 1 saturated carbocycles. The van der Waals surface area contributed by atoms with Gasteiger partial charge in [0.15, 0.2) is 5.69 Å². The van der Waals surface area contributed by atoms with Crippen molar-refractivity contribution in [1.82, 2.24) is 25.1 Å². The van der Waals surface area contributed by atoms with Gasteiger partial charge in [-0.15, -0.1) is 0 Å². The van der Waals surface area contributed by atoms with Crippen molar-refractivity contribution in [2.75, 3.05) is 12.4 Å². The van der Waals surface area contributed by atoms with E-state index in [0.717, 1.165) is 48.3 Å². The van der Waals surface area contributed by atoms with Crippen LogP contribution in [0.4, 0.5) is 10.1 Å². The maximum atomic E-state index is 14.8. The number of hydrogen-bond acceptors (Lipinski definition) is 8. The highest BCUT2D eigenvalue weighted by molar-refractivity contribution is 6.39. The van der Waals surface area contributed by atoms with Crippen LogP contribution in [-0.4, -0.2) is 50.0 Å². The van der Waals surface area contributed by atoms with Crippen molar-refractivity contribution in [3.63, 3.8) is 0 Å². The average Bonchev–Trinajstić information content (AvgIpc) is 3.00. The molecule has 224 valence electrons. The number of rotatable bonds is 8. The Morgan fingerprint density at radius 3 is 2.65 bits per heavy atom. The van der Waals surface area contributed by atoms with E-state index in [-0.39, 0.29) is 33.4 Å². The van der Waals surface area contributed by atoms with Crippen LogP contribution >= 0.6 is 23.2 Å². The van der Waals surface area contributed by atoms with Crippen LogP contribution in [-0.2, 0) is 13.6 Å². The zero-order valence-electron chi connectivity index (χ0n) is 23.4. The molecule has 2 unspecified atom stereocenters. The standard InChI is InChI=1S/C30H29Cl2FN6O4/c1-39-30(42)27(35-15-36-39)28(41)37-23-13-17(33)12-20(26(23)32)18-6-5-7-19(25(18)31)21-11-10-16(29(38-21)43-2)14-34-22-8-3-4-9-24(22)40/h5-7,10-13,15,22,24,34,40H,3-4,8-9,14H2,1-2H3,(H,37,41). The molecule has 2 heterocycles. The molecule has 2 atom stereocenters. The van der Waals surface area contributed by atoms with Gasteiger partial charge in [0.2, 0.25) is 5.88 Å². The number of hydrogen-bond donors (Lipinski definition) is 3. The summed E-state index contributed by atoms with van der Waals surface area (Å²) in [5.74, 6) is -1.15. The molecule has 1 amide bonds. The fourth-order valence-corrected chi connectivity index (χ4v) is 5.68. The number of benzene rings is 2. The summed E-state index contributed by atoms with van der Waals surface area (Å²) in [6, 6.07) is 11.1. The summed E-state index contributed by atoms with van der Waals surface area (Å²) in [4.78, 5) is 33.5. The number of carbonyl (C=O) groups is 1. The molecule has 1 aliphatic rings. The van der Waals surface area contributed by atoms with E-state index in [4.69, 9.17) is 27.9 Å². The largest absolute Gasteiger partial charge is 0.481 e. The Bertz CT molecular complexity index is 1730.